The number of benzene rings is 1. The second-order valence-electron chi connectivity index (χ2n) is 4.79. The van der Waals surface area contributed by atoms with Crippen LogP contribution in [0.1, 0.15) is 37.9 Å². The Morgan fingerprint density at radius 3 is 2.47 bits per heavy atom. The van der Waals surface area contributed by atoms with Gasteiger partial charge in [0.05, 0.1) is 10.9 Å². The number of hydrogen-bond donors (Lipinski definition) is 1. The molecule has 1 aromatic carbocycles. The van der Waals surface area contributed by atoms with E-state index in [0.717, 1.165) is 5.56 Å². The fourth-order valence-corrected chi connectivity index (χ4v) is 1.75. The highest BCUT2D eigenvalue weighted by Gasteiger charge is 2.20. The zero-order valence-corrected chi connectivity index (χ0v) is 12.4. The average Bonchev–Trinajstić information content (AvgIpc) is 2.27. The van der Waals surface area contributed by atoms with Gasteiger partial charge in [-0.1, -0.05) is 59.6 Å². The lowest BCUT2D eigenvalue weighted by Crippen LogP contribution is -2.35. The molecule has 1 aromatic rings. The molecule has 94 valence electrons. The first-order chi connectivity index (χ1) is 7.91. The molecule has 1 unspecified atom stereocenters. The van der Waals surface area contributed by atoms with Gasteiger partial charge < -0.3 is 5.32 Å². The molecule has 0 radical (unpaired) electrons. The van der Waals surface area contributed by atoms with Crippen LogP contribution in [0.2, 0.25) is 0 Å². The summed E-state index contributed by atoms with van der Waals surface area (Å²) >= 11 is 3.41. The van der Waals surface area contributed by atoms with E-state index in [2.05, 4.69) is 40.3 Å². The first-order valence-electron chi connectivity index (χ1n) is 5.93. The first-order valence-corrected chi connectivity index (χ1v) is 6.84. The molecule has 0 bridgehead atoms. The van der Waals surface area contributed by atoms with Gasteiger partial charge in [-0.2, -0.15) is 0 Å². The van der Waals surface area contributed by atoms with E-state index in [1.54, 1.807) is 0 Å². The molecule has 0 spiro atoms. The molecule has 17 heavy (non-hydrogen) atoms. The van der Waals surface area contributed by atoms with E-state index >= 15 is 0 Å². The number of halogens is 1. The smallest absolute Gasteiger partial charge is 0.234 e. The van der Waals surface area contributed by atoms with Crippen molar-refractivity contribution in [3.8, 4) is 0 Å². The Kier molecular flexibility index (Phi) is 5.19. The van der Waals surface area contributed by atoms with Crippen molar-refractivity contribution < 1.29 is 4.79 Å². The molecule has 1 amide bonds. The molecule has 0 heterocycles. The largest absolute Gasteiger partial charge is 0.349 e. The van der Waals surface area contributed by atoms with Crippen LogP contribution in [0.5, 0.6) is 0 Å². The molecule has 0 aliphatic rings. The highest BCUT2D eigenvalue weighted by atomic mass is 79.9. The monoisotopic (exact) mass is 297 g/mol. The van der Waals surface area contributed by atoms with Gasteiger partial charge in [0, 0.05) is 0 Å². The van der Waals surface area contributed by atoms with E-state index in [-0.39, 0.29) is 16.8 Å². The molecule has 0 aliphatic carbocycles. The van der Waals surface area contributed by atoms with E-state index in [0.29, 0.717) is 5.92 Å². The topological polar surface area (TPSA) is 29.1 Å². The lowest BCUT2D eigenvalue weighted by Gasteiger charge is -2.19. The molecule has 0 saturated heterocycles. The molecule has 1 N–H and O–H groups in total. The van der Waals surface area contributed by atoms with Gasteiger partial charge in [0.25, 0.3) is 0 Å². The molecule has 0 aromatic heterocycles. The summed E-state index contributed by atoms with van der Waals surface area (Å²) in [5.41, 5.74) is 2.35. The number of hydrogen-bond acceptors (Lipinski definition) is 1. The summed E-state index contributed by atoms with van der Waals surface area (Å²) in [5, 5.41) is 3.02. The van der Waals surface area contributed by atoms with Crippen molar-refractivity contribution in [2.24, 2.45) is 5.92 Å². The van der Waals surface area contributed by atoms with Gasteiger partial charge >= 0.3 is 0 Å². The maximum atomic E-state index is 11.9. The Morgan fingerprint density at radius 2 is 1.94 bits per heavy atom. The van der Waals surface area contributed by atoms with Crippen LogP contribution in [-0.2, 0) is 4.79 Å². The number of nitrogens with one attached hydrogen (secondary N) is 1. The van der Waals surface area contributed by atoms with E-state index in [1.807, 2.05) is 32.9 Å². The average molecular weight is 298 g/mol. The SMILES string of the molecule is Cc1cccc([C@@H](C)NC(=O)C(Br)C(C)C)c1. The molecule has 0 saturated carbocycles. The molecule has 2 nitrogen and oxygen atoms in total. The van der Waals surface area contributed by atoms with Gasteiger partial charge in [-0.25, -0.2) is 0 Å². The normalized spacial score (nSPS) is 14.5. The Labute approximate surface area is 112 Å². The molecule has 2 atom stereocenters. The van der Waals surface area contributed by atoms with Crippen LogP contribution in [0.3, 0.4) is 0 Å². The van der Waals surface area contributed by atoms with Crippen molar-refractivity contribution in [1.29, 1.82) is 0 Å². The summed E-state index contributed by atoms with van der Waals surface area (Å²) in [7, 11) is 0. The lowest BCUT2D eigenvalue weighted by molar-refractivity contribution is -0.121. The number of carbonyl (C=O) groups is 1. The maximum absolute atomic E-state index is 11.9. The first kappa shape index (κ1) is 14.2. The van der Waals surface area contributed by atoms with Crippen molar-refractivity contribution in [2.75, 3.05) is 0 Å². The summed E-state index contributed by atoms with van der Waals surface area (Å²) in [4.78, 5) is 11.8. The van der Waals surface area contributed by atoms with E-state index in [4.69, 9.17) is 0 Å². The fraction of sp³-hybridized carbons (Fsp3) is 0.500. The number of alkyl halides is 1. The van der Waals surface area contributed by atoms with Crippen LogP contribution in [0.4, 0.5) is 0 Å². The minimum Gasteiger partial charge on any atom is -0.349 e. The molecule has 0 fully saturated rings. The summed E-state index contributed by atoms with van der Waals surface area (Å²) in [5.74, 6) is 0.341. The number of carbonyl (C=O) groups excluding carboxylic acids is 1. The quantitative estimate of drug-likeness (QED) is 0.846. The predicted molar refractivity (Wildman–Crippen MR) is 75.3 cm³/mol. The van der Waals surface area contributed by atoms with E-state index < -0.39 is 0 Å². The third-order valence-corrected chi connectivity index (χ3v) is 4.21. The number of aryl methyl sites for hydroxylation is 1. The van der Waals surface area contributed by atoms with E-state index in [9.17, 15) is 4.79 Å². The Balaban J connectivity index is 2.66. The van der Waals surface area contributed by atoms with Crippen molar-refractivity contribution in [2.45, 2.75) is 38.6 Å². The minimum absolute atomic E-state index is 0.0428. The highest BCUT2D eigenvalue weighted by Crippen LogP contribution is 2.17. The third kappa shape index (κ3) is 4.15. The zero-order valence-electron chi connectivity index (χ0n) is 10.8. The van der Waals surface area contributed by atoms with Gasteiger partial charge in [0.1, 0.15) is 0 Å². The fourth-order valence-electron chi connectivity index (χ4n) is 1.62. The van der Waals surface area contributed by atoms with Crippen molar-refractivity contribution in [3.05, 3.63) is 35.4 Å². The highest BCUT2D eigenvalue weighted by molar-refractivity contribution is 9.10. The molecule has 3 heteroatoms. The number of rotatable bonds is 4. The van der Waals surface area contributed by atoms with Crippen molar-refractivity contribution >= 4 is 21.8 Å². The van der Waals surface area contributed by atoms with Crippen molar-refractivity contribution in [1.82, 2.24) is 5.32 Å². The standard InChI is InChI=1S/C14H20BrNO/c1-9(2)13(15)14(17)16-11(4)12-7-5-6-10(3)8-12/h5-9,11,13H,1-4H3,(H,16,17)/t11-,13?/m1/s1. The second-order valence-corrected chi connectivity index (χ2v) is 5.78. The maximum Gasteiger partial charge on any atom is 0.234 e. The molecule has 1 rings (SSSR count). The third-order valence-electron chi connectivity index (χ3n) is 2.74. The van der Waals surface area contributed by atoms with Crippen molar-refractivity contribution in [3.63, 3.8) is 0 Å². The molecular formula is C14H20BrNO. The summed E-state index contributed by atoms with van der Waals surface area (Å²) in [6.45, 7) is 8.11. The van der Waals surface area contributed by atoms with Crippen LogP contribution in [0.25, 0.3) is 0 Å². The second kappa shape index (κ2) is 6.20. The van der Waals surface area contributed by atoms with Crippen LogP contribution < -0.4 is 5.32 Å². The Morgan fingerprint density at radius 1 is 1.29 bits per heavy atom. The Bertz CT molecular complexity index is 390. The van der Waals surface area contributed by atoms with Crippen LogP contribution >= 0.6 is 15.9 Å². The zero-order chi connectivity index (χ0) is 13.0. The van der Waals surface area contributed by atoms with Gasteiger partial charge in [-0.05, 0) is 25.3 Å². The van der Waals surface area contributed by atoms with Gasteiger partial charge in [0.15, 0.2) is 0 Å². The van der Waals surface area contributed by atoms with Gasteiger partial charge in [-0.15, -0.1) is 0 Å². The Hall–Kier alpha value is -0.830. The lowest BCUT2D eigenvalue weighted by atomic mass is 10.0. The summed E-state index contributed by atoms with van der Waals surface area (Å²) < 4.78 is 0. The van der Waals surface area contributed by atoms with Crippen LogP contribution in [0, 0.1) is 12.8 Å². The molecule has 0 aliphatic heterocycles. The minimum atomic E-state index is -0.130. The molecular weight excluding hydrogens is 278 g/mol. The van der Waals surface area contributed by atoms with Gasteiger partial charge in [-0.3, -0.25) is 4.79 Å². The van der Waals surface area contributed by atoms with E-state index in [1.165, 1.54) is 5.56 Å². The number of amides is 1. The summed E-state index contributed by atoms with van der Waals surface area (Å²) in [6.07, 6.45) is 0. The van der Waals surface area contributed by atoms with Gasteiger partial charge in [0.2, 0.25) is 5.91 Å². The van der Waals surface area contributed by atoms with Crippen LogP contribution in [-0.4, -0.2) is 10.7 Å². The predicted octanol–water partition coefficient (Wildman–Crippen LogP) is 3.59. The summed E-state index contributed by atoms with van der Waals surface area (Å²) in [6, 6.07) is 8.25. The van der Waals surface area contributed by atoms with Crippen LogP contribution in [0.15, 0.2) is 24.3 Å².